The molecule has 5 nitrogen and oxygen atoms in total. The summed E-state index contributed by atoms with van der Waals surface area (Å²) in [6.45, 7) is 4.08. The van der Waals surface area contributed by atoms with Crippen molar-refractivity contribution in [2.45, 2.75) is 65.2 Å². The molecule has 4 bridgehead atoms. The van der Waals surface area contributed by atoms with Gasteiger partial charge < -0.3 is 10.6 Å². The third-order valence-electron chi connectivity index (χ3n) is 7.83. The molecule has 1 heterocycles. The summed E-state index contributed by atoms with van der Waals surface area (Å²) < 4.78 is 0. The molecule has 31 heavy (non-hydrogen) atoms. The Labute approximate surface area is 189 Å². The fourth-order valence-corrected chi connectivity index (χ4v) is 7.16. The predicted octanol–water partition coefficient (Wildman–Crippen LogP) is 5.04. The van der Waals surface area contributed by atoms with Crippen LogP contribution in [0.25, 0.3) is 0 Å². The predicted molar refractivity (Wildman–Crippen MR) is 127 cm³/mol. The summed E-state index contributed by atoms with van der Waals surface area (Å²) in [5.41, 5.74) is 5.75. The number of carbonyl (C=O) groups is 1. The molecule has 0 spiro atoms. The van der Waals surface area contributed by atoms with E-state index in [0.29, 0.717) is 11.5 Å². The standard InChI is InChI=1S/C25H32N4OS/c1-15-22(16(2)29-28-15)10-17-3-5-21(6-4-17)26-24(31)27-23(30)14-25-11-18-7-19(12-25)9-20(8-18)13-25/h3-6,18-20H,7-14H2,1-2H3,(H,28,29)(H2,26,27,30,31). The lowest BCUT2D eigenvalue weighted by atomic mass is 9.49. The second-order valence-corrected chi connectivity index (χ2v) is 10.8. The maximum Gasteiger partial charge on any atom is 0.226 e. The summed E-state index contributed by atoms with van der Waals surface area (Å²) in [6, 6.07) is 8.21. The Kier molecular flexibility index (Phi) is 5.37. The molecular weight excluding hydrogens is 404 g/mol. The van der Waals surface area contributed by atoms with Crippen molar-refractivity contribution in [3.8, 4) is 0 Å². The van der Waals surface area contributed by atoms with Crippen LogP contribution in [0.3, 0.4) is 0 Å². The molecule has 4 saturated carbocycles. The molecule has 1 amide bonds. The third kappa shape index (κ3) is 4.40. The monoisotopic (exact) mass is 436 g/mol. The van der Waals surface area contributed by atoms with Gasteiger partial charge in [-0.15, -0.1) is 0 Å². The lowest BCUT2D eigenvalue weighted by molar-refractivity contribution is -0.127. The number of hydrogen-bond acceptors (Lipinski definition) is 3. The molecule has 0 atom stereocenters. The van der Waals surface area contributed by atoms with Gasteiger partial charge in [0.15, 0.2) is 5.11 Å². The van der Waals surface area contributed by atoms with Gasteiger partial charge in [0.25, 0.3) is 0 Å². The first-order chi connectivity index (χ1) is 14.9. The average molecular weight is 437 g/mol. The Hall–Kier alpha value is -2.21. The Morgan fingerprint density at radius 3 is 2.26 bits per heavy atom. The van der Waals surface area contributed by atoms with Crippen molar-refractivity contribution >= 4 is 28.9 Å². The Morgan fingerprint density at radius 1 is 1.10 bits per heavy atom. The van der Waals surface area contributed by atoms with Gasteiger partial charge in [-0.1, -0.05) is 12.1 Å². The van der Waals surface area contributed by atoms with E-state index in [1.807, 2.05) is 19.1 Å². The van der Waals surface area contributed by atoms with Crippen LogP contribution in [-0.2, 0) is 11.2 Å². The number of amides is 1. The fraction of sp³-hybridized carbons (Fsp3) is 0.560. The SMILES string of the molecule is Cc1n[nH]c(C)c1Cc1ccc(NC(=S)NC(=O)CC23CC4CC(CC(C4)C2)C3)cc1. The largest absolute Gasteiger partial charge is 0.332 e. The van der Waals surface area contributed by atoms with Gasteiger partial charge in [-0.25, -0.2) is 0 Å². The minimum atomic E-state index is 0.0713. The fourth-order valence-electron chi connectivity index (χ4n) is 6.92. The summed E-state index contributed by atoms with van der Waals surface area (Å²) in [6.07, 6.45) is 9.39. The van der Waals surface area contributed by atoms with E-state index in [-0.39, 0.29) is 11.3 Å². The minimum absolute atomic E-state index is 0.0713. The number of thiocarbonyl (C=S) groups is 1. The van der Waals surface area contributed by atoms with Gasteiger partial charge in [0.05, 0.1) is 5.69 Å². The summed E-state index contributed by atoms with van der Waals surface area (Å²) in [5, 5.41) is 13.8. The first-order valence-corrected chi connectivity index (χ1v) is 12.0. The third-order valence-corrected chi connectivity index (χ3v) is 8.03. The molecule has 0 aliphatic heterocycles. The quantitative estimate of drug-likeness (QED) is 0.575. The lowest BCUT2D eigenvalue weighted by Gasteiger charge is -2.56. The summed E-state index contributed by atoms with van der Waals surface area (Å²) in [7, 11) is 0. The van der Waals surface area contributed by atoms with Crippen LogP contribution in [0.1, 0.15) is 67.5 Å². The summed E-state index contributed by atoms with van der Waals surface area (Å²) in [4.78, 5) is 12.8. The van der Waals surface area contributed by atoms with Crippen molar-refractivity contribution in [2.75, 3.05) is 5.32 Å². The van der Waals surface area contributed by atoms with Crippen LogP contribution in [0.5, 0.6) is 0 Å². The Morgan fingerprint density at radius 2 is 1.71 bits per heavy atom. The molecule has 4 aliphatic rings. The molecule has 0 radical (unpaired) electrons. The number of nitrogens with one attached hydrogen (secondary N) is 3. The highest BCUT2D eigenvalue weighted by Crippen LogP contribution is 2.61. The molecule has 3 N–H and O–H groups in total. The molecule has 1 aromatic heterocycles. The molecule has 164 valence electrons. The van der Waals surface area contributed by atoms with Crippen LogP contribution in [0.15, 0.2) is 24.3 Å². The second-order valence-electron chi connectivity index (χ2n) is 10.4. The van der Waals surface area contributed by atoms with Crippen molar-refractivity contribution in [3.63, 3.8) is 0 Å². The first kappa shape index (κ1) is 20.7. The molecule has 0 saturated heterocycles. The van der Waals surface area contributed by atoms with Gasteiger partial charge in [0.2, 0.25) is 5.91 Å². The van der Waals surface area contributed by atoms with E-state index < -0.39 is 0 Å². The van der Waals surface area contributed by atoms with Crippen LogP contribution in [0.2, 0.25) is 0 Å². The zero-order valence-electron chi connectivity index (χ0n) is 18.5. The molecular formula is C25H32N4OS. The smallest absolute Gasteiger partial charge is 0.226 e. The van der Waals surface area contributed by atoms with Crippen LogP contribution in [0.4, 0.5) is 5.69 Å². The van der Waals surface area contributed by atoms with E-state index in [9.17, 15) is 4.79 Å². The molecule has 6 rings (SSSR count). The number of rotatable bonds is 5. The van der Waals surface area contributed by atoms with Crippen molar-refractivity contribution < 1.29 is 4.79 Å². The highest BCUT2D eigenvalue weighted by molar-refractivity contribution is 7.80. The van der Waals surface area contributed by atoms with Crippen molar-refractivity contribution in [2.24, 2.45) is 23.2 Å². The van der Waals surface area contributed by atoms with Gasteiger partial charge in [0.1, 0.15) is 0 Å². The van der Waals surface area contributed by atoms with Crippen molar-refractivity contribution in [1.29, 1.82) is 0 Å². The van der Waals surface area contributed by atoms with Crippen LogP contribution >= 0.6 is 12.2 Å². The highest BCUT2D eigenvalue weighted by atomic mass is 32.1. The van der Waals surface area contributed by atoms with E-state index in [2.05, 4.69) is 39.9 Å². The van der Waals surface area contributed by atoms with Gasteiger partial charge in [-0.3, -0.25) is 9.89 Å². The maximum absolute atomic E-state index is 12.8. The number of hydrogen-bond donors (Lipinski definition) is 3. The number of nitrogens with zero attached hydrogens (tertiary/aromatic N) is 1. The number of anilines is 1. The van der Waals surface area contributed by atoms with E-state index in [4.69, 9.17) is 12.2 Å². The molecule has 1 aromatic carbocycles. The van der Waals surface area contributed by atoms with Crippen molar-refractivity contribution in [3.05, 3.63) is 46.8 Å². The Balaban J connectivity index is 1.14. The molecule has 2 aromatic rings. The average Bonchev–Trinajstić information content (AvgIpc) is 2.99. The number of aromatic nitrogens is 2. The number of benzene rings is 1. The molecule has 6 heteroatoms. The Bertz CT molecular complexity index is 939. The number of carbonyl (C=O) groups excluding carboxylic acids is 1. The van der Waals surface area contributed by atoms with Crippen LogP contribution < -0.4 is 10.6 Å². The maximum atomic E-state index is 12.8. The van der Waals surface area contributed by atoms with E-state index in [1.54, 1.807) is 0 Å². The number of aromatic amines is 1. The van der Waals surface area contributed by atoms with E-state index >= 15 is 0 Å². The zero-order chi connectivity index (χ0) is 21.6. The topological polar surface area (TPSA) is 69.8 Å². The van der Waals surface area contributed by atoms with Crippen LogP contribution in [0, 0.1) is 37.0 Å². The van der Waals surface area contributed by atoms with E-state index in [1.165, 1.54) is 49.7 Å². The molecule has 0 unspecified atom stereocenters. The zero-order valence-corrected chi connectivity index (χ0v) is 19.3. The van der Waals surface area contributed by atoms with Crippen LogP contribution in [-0.4, -0.2) is 21.2 Å². The number of H-pyrrole nitrogens is 1. The van der Waals surface area contributed by atoms with E-state index in [0.717, 1.165) is 41.2 Å². The summed E-state index contributed by atoms with van der Waals surface area (Å²) in [5.74, 6) is 2.65. The van der Waals surface area contributed by atoms with Gasteiger partial charge in [0, 0.05) is 29.8 Å². The lowest BCUT2D eigenvalue weighted by Crippen LogP contribution is -2.48. The second kappa shape index (κ2) is 8.05. The highest BCUT2D eigenvalue weighted by Gasteiger charge is 2.51. The molecule has 4 fully saturated rings. The van der Waals surface area contributed by atoms with Gasteiger partial charge in [-0.05, 0) is 105 Å². The molecule has 4 aliphatic carbocycles. The number of aryl methyl sites for hydroxylation is 2. The summed E-state index contributed by atoms with van der Waals surface area (Å²) >= 11 is 5.43. The van der Waals surface area contributed by atoms with Gasteiger partial charge >= 0.3 is 0 Å². The minimum Gasteiger partial charge on any atom is -0.332 e. The van der Waals surface area contributed by atoms with Crippen molar-refractivity contribution in [1.82, 2.24) is 15.5 Å². The van der Waals surface area contributed by atoms with Gasteiger partial charge in [-0.2, -0.15) is 5.10 Å². The first-order valence-electron chi connectivity index (χ1n) is 11.6. The normalized spacial score (nSPS) is 28.5.